The van der Waals surface area contributed by atoms with Crippen LogP contribution in [-0.4, -0.2) is 61.4 Å². The number of aliphatic hydroxyl groups is 1. The Kier molecular flexibility index (Phi) is 80.9. The molecule has 0 rings (SSSR count). The molecule has 0 heterocycles. The molecule has 0 bridgehead atoms. The molecule has 0 aliphatic heterocycles. The molecule has 0 amide bonds. The summed E-state index contributed by atoms with van der Waals surface area (Å²) in [7, 11) is 0. The summed E-state index contributed by atoms with van der Waals surface area (Å²) in [5, 5.41) is 29.2. The first-order valence-electron chi connectivity index (χ1n) is 31.0. The Labute approximate surface area is 458 Å². The molecule has 0 aromatic carbocycles. The molecule has 0 unspecified atom stereocenters. The second-order valence-electron chi connectivity index (χ2n) is 21.0. The Morgan fingerprint density at radius 2 is 0.353 bits per heavy atom. The van der Waals surface area contributed by atoms with Crippen LogP contribution in [0.1, 0.15) is 380 Å². The van der Waals surface area contributed by atoms with Crippen LogP contribution < -0.4 is 10.2 Å². The number of aliphatic carboxylic acids is 2. The minimum absolute atomic E-state index is 0. The summed E-state index contributed by atoms with van der Waals surface area (Å²) in [6, 6.07) is 0. The summed E-state index contributed by atoms with van der Waals surface area (Å²) in [5.41, 5.74) is 0. The third-order valence-electron chi connectivity index (χ3n) is 14.0. The van der Waals surface area contributed by atoms with Crippen LogP contribution in [0.3, 0.4) is 0 Å². The summed E-state index contributed by atoms with van der Waals surface area (Å²) < 4.78 is 0. The van der Waals surface area contributed by atoms with Gasteiger partial charge in [0, 0.05) is 18.5 Å². The number of unbranched alkanes of at least 4 members (excludes halogenated alkanes) is 51. The number of hydrogen-bond acceptors (Lipinski definition) is 5. The van der Waals surface area contributed by atoms with Gasteiger partial charge >= 0.3 is 37.7 Å². The predicted octanol–water partition coefficient (Wildman–Crippen LogP) is 19.0. The zero-order chi connectivity index (χ0) is 49.5. The van der Waals surface area contributed by atoms with Crippen molar-refractivity contribution in [1.82, 2.24) is 0 Å². The van der Waals surface area contributed by atoms with Gasteiger partial charge in [-0.2, -0.15) is 0 Å². The molecular weight excluding hydrogens is 865 g/mol. The predicted molar refractivity (Wildman–Crippen MR) is 298 cm³/mol. The van der Waals surface area contributed by atoms with Gasteiger partial charge in [-0.25, -0.2) is 0 Å². The molecule has 68 heavy (non-hydrogen) atoms. The fourth-order valence-corrected chi connectivity index (χ4v) is 9.36. The number of hydrogen-bond donors (Lipinski definition) is 1. The van der Waals surface area contributed by atoms with E-state index in [2.05, 4.69) is 20.8 Å². The van der Waals surface area contributed by atoms with Gasteiger partial charge in [0.25, 0.3) is 0 Å². The molecular formula is C62H124CaO5. The second-order valence-corrected chi connectivity index (χ2v) is 21.0. The Balaban J connectivity index is -0.000000456. The van der Waals surface area contributed by atoms with Gasteiger partial charge in [0.2, 0.25) is 0 Å². The minimum Gasteiger partial charge on any atom is -0.550 e. The first-order chi connectivity index (χ1) is 33.0. The van der Waals surface area contributed by atoms with Gasteiger partial charge in [0.15, 0.2) is 0 Å². The van der Waals surface area contributed by atoms with Crippen LogP contribution >= 0.6 is 0 Å². The van der Waals surface area contributed by atoms with Crippen molar-refractivity contribution < 1.29 is 24.9 Å². The van der Waals surface area contributed by atoms with E-state index in [4.69, 9.17) is 5.11 Å². The molecule has 0 saturated heterocycles. The maximum absolute atomic E-state index is 10.2. The van der Waals surface area contributed by atoms with Gasteiger partial charge in [-0.1, -0.05) is 348 Å². The largest absolute Gasteiger partial charge is 2.00 e. The molecule has 0 aromatic rings. The molecule has 0 atom stereocenters. The fraction of sp³-hybridized carbons (Fsp3) is 0.968. The average Bonchev–Trinajstić information content (AvgIpc) is 3.32. The molecule has 0 radical (unpaired) electrons. The van der Waals surface area contributed by atoms with E-state index in [-0.39, 0.29) is 50.6 Å². The number of rotatable bonds is 56. The smallest absolute Gasteiger partial charge is 0.550 e. The van der Waals surface area contributed by atoms with E-state index in [1.807, 2.05) is 0 Å². The van der Waals surface area contributed by atoms with Crippen LogP contribution in [0, 0.1) is 0 Å². The van der Waals surface area contributed by atoms with Crippen LogP contribution in [0.25, 0.3) is 0 Å². The van der Waals surface area contributed by atoms with Gasteiger partial charge < -0.3 is 24.9 Å². The monoisotopic (exact) mass is 989 g/mol. The Morgan fingerprint density at radius 1 is 0.235 bits per heavy atom. The average molecular weight is 990 g/mol. The van der Waals surface area contributed by atoms with Gasteiger partial charge in [-0.05, 0) is 32.1 Å². The van der Waals surface area contributed by atoms with Gasteiger partial charge in [0.05, 0.1) is 0 Å². The summed E-state index contributed by atoms with van der Waals surface area (Å²) in [5.74, 6) is -1.81. The van der Waals surface area contributed by atoms with E-state index in [0.717, 1.165) is 32.1 Å². The van der Waals surface area contributed by atoms with Crippen molar-refractivity contribution in [3.05, 3.63) is 0 Å². The number of carboxylic acids is 2. The van der Waals surface area contributed by atoms with Crippen molar-refractivity contribution >= 4 is 49.7 Å². The van der Waals surface area contributed by atoms with Gasteiger partial charge in [-0.15, -0.1) is 0 Å². The van der Waals surface area contributed by atoms with E-state index in [1.54, 1.807) is 0 Å². The molecule has 6 heteroatoms. The van der Waals surface area contributed by atoms with Crippen molar-refractivity contribution in [3.8, 4) is 0 Å². The molecule has 1 N–H and O–H groups in total. The molecule has 0 saturated carbocycles. The summed E-state index contributed by atoms with van der Waals surface area (Å²) in [6.45, 7) is 7.21. The molecule has 0 fully saturated rings. The van der Waals surface area contributed by atoms with E-state index in [9.17, 15) is 19.8 Å². The quantitative estimate of drug-likeness (QED) is 0.0483. The van der Waals surface area contributed by atoms with Crippen molar-refractivity contribution in [2.24, 2.45) is 0 Å². The van der Waals surface area contributed by atoms with Gasteiger partial charge in [0.1, 0.15) is 0 Å². The van der Waals surface area contributed by atoms with E-state index in [1.165, 1.54) is 315 Å². The zero-order valence-electron chi connectivity index (χ0n) is 47.1. The molecule has 0 aliphatic rings. The number of carbonyl (C=O) groups is 2. The fourth-order valence-electron chi connectivity index (χ4n) is 9.36. The van der Waals surface area contributed by atoms with E-state index >= 15 is 0 Å². The topological polar surface area (TPSA) is 100 Å². The summed E-state index contributed by atoms with van der Waals surface area (Å²) in [4.78, 5) is 20.4. The van der Waals surface area contributed by atoms with Crippen LogP contribution in [0.5, 0.6) is 0 Å². The van der Waals surface area contributed by atoms with Crippen LogP contribution in [0.4, 0.5) is 0 Å². The first kappa shape index (κ1) is 74.7. The number of aliphatic hydroxyl groups excluding tert-OH is 1. The van der Waals surface area contributed by atoms with E-state index in [0.29, 0.717) is 6.61 Å². The molecule has 404 valence electrons. The second kappa shape index (κ2) is 73.7. The van der Waals surface area contributed by atoms with Gasteiger partial charge in [-0.3, -0.25) is 0 Å². The first-order valence-corrected chi connectivity index (χ1v) is 31.0. The van der Waals surface area contributed by atoms with Crippen LogP contribution in [-0.2, 0) is 9.59 Å². The Morgan fingerprint density at radius 3 is 0.471 bits per heavy atom. The standard InChI is InChI=1S/C26H54O.2C18H36O2.Ca/c1-2-3-4-5-6-7-8-9-10-11-12-13-14-15-16-17-18-19-20-21-22-23-24-25-26-27;2*1-2-3-4-5-6-7-8-9-10-11-12-13-14-15-16-17-18(19)20;/h27H,2-26H2,1H3;2*2-17H2,1H3,(H,19,20);/q;;;+2/p-2. The Bertz CT molecular complexity index is 800. The minimum atomic E-state index is -0.903. The summed E-state index contributed by atoms with van der Waals surface area (Å²) in [6.07, 6.45) is 73.8. The van der Waals surface area contributed by atoms with E-state index < -0.39 is 11.9 Å². The molecule has 0 spiro atoms. The summed E-state index contributed by atoms with van der Waals surface area (Å²) >= 11 is 0. The van der Waals surface area contributed by atoms with Crippen molar-refractivity contribution in [3.63, 3.8) is 0 Å². The molecule has 0 aliphatic carbocycles. The SMILES string of the molecule is CCCCCCCCCCCCCCCCCC(=O)[O-].CCCCCCCCCCCCCCCCCC(=O)[O-].CCCCCCCCCCCCCCCCCCCCCCCCCCO.[Ca+2]. The third kappa shape index (κ3) is 83.0. The van der Waals surface area contributed by atoms with Crippen LogP contribution in [0.15, 0.2) is 0 Å². The van der Waals surface area contributed by atoms with Crippen LogP contribution in [0.2, 0.25) is 0 Å². The molecule has 5 nitrogen and oxygen atoms in total. The third-order valence-corrected chi connectivity index (χ3v) is 14.0. The maximum atomic E-state index is 10.2. The zero-order valence-corrected chi connectivity index (χ0v) is 49.3. The van der Waals surface area contributed by atoms with Crippen molar-refractivity contribution in [2.75, 3.05) is 6.61 Å². The molecule has 0 aromatic heterocycles. The number of carbonyl (C=O) groups excluding carboxylic acids is 2. The van der Waals surface area contributed by atoms with Crippen molar-refractivity contribution in [1.29, 1.82) is 0 Å². The maximum Gasteiger partial charge on any atom is 2.00 e. The van der Waals surface area contributed by atoms with Crippen molar-refractivity contribution in [2.45, 2.75) is 380 Å². The Hall–Kier alpha value is 0.160. The normalized spacial score (nSPS) is 10.9. The number of carboxylic acid groups (broad SMARTS) is 2.